The Morgan fingerprint density at radius 3 is 2.10 bits per heavy atom. The first-order valence-corrected chi connectivity index (χ1v) is 10.6. The summed E-state index contributed by atoms with van der Waals surface area (Å²) in [5.41, 5.74) is 6.69. The lowest BCUT2D eigenvalue weighted by Gasteiger charge is -2.25. The predicted octanol–water partition coefficient (Wildman–Crippen LogP) is 5.84. The maximum absolute atomic E-state index is 13.4. The van der Waals surface area contributed by atoms with Gasteiger partial charge in [-0.2, -0.15) is 0 Å². The van der Waals surface area contributed by atoms with Crippen molar-refractivity contribution in [2.24, 2.45) is 0 Å². The number of thiazole rings is 1. The molecule has 0 unspecified atom stereocenters. The normalized spacial score (nSPS) is 10.7. The van der Waals surface area contributed by atoms with E-state index in [1.54, 1.807) is 23.3 Å². The fraction of sp³-hybridized carbons (Fsp3) is 0. The molecular weight excluding hydrogens is 404 g/mol. The Bertz CT molecular complexity index is 1260. The van der Waals surface area contributed by atoms with Crippen molar-refractivity contribution in [2.45, 2.75) is 0 Å². The minimum absolute atomic E-state index is 0.255. The predicted molar refractivity (Wildman–Crippen MR) is 125 cm³/mol. The summed E-state index contributed by atoms with van der Waals surface area (Å²) in [7, 11) is 0. The standard InChI is InChI=1S/C25H18N4OS/c30-24(28-29(18-10-3-1-4-11-18)19-12-5-2-6-13-19)20-14-9-17-26-23(20)25-27-21-15-7-8-16-22(21)31-25/h1-17H,(H,28,30). The summed E-state index contributed by atoms with van der Waals surface area (Å²) in [5.74, 6) is -0.255. The van der Waals surface area contributed by atoms with Crippen molar-refractivity contribution in [3.05, 3.63) is 109 Å². The Labute approximate surface area is 183 Å². The van der Waals surface area contributed by atoms with Crippen LogP contribution in [0.4, 0.5) is 11.4 Å². The molecule has 5 aromatic rings. The maximum atomic E-state index is 13.4. The van der Waals surface area contributed by atoms with E-state index in [0.29, 0.717) is 11.3 Å². The lowest BCUT2D eigenvalue weighted by molar-refractivity contribution is 0.0954. The van der Waals surface area contributed by atoms with E-state index in [4.69, 9.17) is 0 Å². The van der Waals surface area contributed by atoms with Crippen LogP contribution < -0.4 is 10.4 Å². The van der Waals surface area contributed by atoms with Crippen LogP contribution in [0, 0.1) is 0 Å². The number of para-hydroxylation sites is 3. The van der Waals surface area contributed by atoms with Crippen LogP contribution in [0.5, 0.6) is 0 Å². The van der Waals surface area contributed by atoms with Gasteiger partial charge in [-0.05, 0) is 48.5 Å². The third kappa shape index (κ3) is 3.89. The van der Waals surface area contributed by atoms with Crippen LogP contribution in [0.25, 0.3) is 20.9 Å². The van der Waals surface area contributed by atoms with Gasteiger partial charge < -0.3 is 0 Å². The van der Waals surface area contributed by atoms with Crippen molar-refractivity contribution >= 4 is 38.8 Å². The summed E-state index contributed by atoms with van der Waals surface area (Å²) < 4.78 is 1.06. The summed E-state index contributed by atoms with van der Waals surface area (Å²) in [4.78, 5) is 22.6. The average Bonchev–Trinajstić information content (AvgIpc) is 3.28. The molecule has 6 heteroatoms. The average molecular weight is 423 g/mol. The third-order valence-electron chi connectivity index (χ3n) is 4.79. The van der Waals surface area contributed by atoms with Gasteiger partial charge in [-0.1, -0.05) is 48.5 Å². The molecule has 0 spiro atoms. The number of rotatable bonds is 5. The van der Waals surface area contributed by atoms with Crippen molar-refractivity contribution in [1.82, 2.24) is 15.4 Å². The van der Waals surface area contributed by atoms with Gasteiger partial charge in [-0.3, -0.25) is 20.2 Å². The summed E-state index contributed by atoms with van der Waals surface area (Å²) >= 11 is 1.53. The van der Waals surface area contributed by atoms with E-state index in [0.717, 1.165) is 26.6 Å². The number of pyridine rings is 1. The number of fused-ring (bicyclic) bond motifs is 1. The number of aromatic nitrogens is 2. The second-order valence-corrected chi connectivity index (χ2v) is 7.86. The van der Waals surface area contributed by atoms with E-state index in [9.17, 15) is 4.79 Å². The molecule has 1 N–H and O–H groups in total. The fourth-order valence-electron chi connectivity index (χ4n) is 3.33. The van der Waals surface area contributed by atoms with E-state index in [1.807, 2.05) is 84.9 Å². The number of amides is 1. The molecule has 5 nitrogen and oxygen atoms in total. The number of hydrogen-bond donors (Lipinski definition) is 1. The Balaban J connectivity index is 1.52. The summed E-state index contributed by atoms with van der Waals surface area (Å²) in [5, 5.41) is 2.50. The highest BCUT2D eigenvalue weighted by Gasteiger charge is 2.20. The highest BCUT2D eigenvalue weighted by Crippen LogP contribution is 2.31. The smallest absolute Gasteiger partial charge is 0.267 e. The fourth-order valence-corrected chi connectivity index (χ4v) is 4.30. The van der Waals surface area contributed by atoms with Crippen LogP contribution in [0.15, 0.2) is 103 Å². The molecule has 2 heterocycles. The number of hydrazine groups is 1. The Kier molecular flexibility index (Phi) is 5.12. The SMILES string of the molecule is O=C(NN(c1ccccc1)c1ccccc1)c1cccnc1-c1nc2ccccc2s1. The van der Waals surface area contributed by atoms with Gasteiger partial charge in [0.2, 0.25) is 0 Å². The molecule has 0 aliphatic rings. The van der Waals surface area contributed by atoms with Crippen molar-refractivity contribution in [3.8, 4) is 10.7 Å². The molecule has 3 aromatic carbocycles. The van der Waals surface area contributed by atoms with Crippen molar-refractivity contribution < 1.29 is 4.79 Å². The van der Waals surface area contributed by atoms with Gasteiger partial charge in [0.05, 0.1) is 27.2 Å². The quantitative estimate of drug-likeness (QED) is 0.362. The molecule has 2 aromatic heterocycles. The number of hydrogen-bond acceptors (Lipinski definition) is 5. The molecule has 0 bridgehead atoms. The molecule has 0 radical (unpaired) electrons. The molecule has 0 atom stereocenters. The van der Waals surface area contributed by atoms with E-state index in [2.05, 4.69) is 15.4 Å². The van der Waals surface area contributed by atoms with E-state index >= 15 is 0 Å². The molecule has 5 rings (SSSR count). The molecule has 1 amide bonds. The number of benzene rings is 3. The van der Waals surface area contributed by atoms with Crippen LogP contribution in [-0.2, 0) is 0 Å². The highest BCUT2D eigenvalue weighted by atomic mass is 32.1. The van der Waals surface area contributed by atoms with Crippen LogP contribution >= 0.6 is 11.3 Å². The first-order chi connectivity index (χ1) is 15.3. The number of carbonyl (C=O) groups excluding carboxylic acids is 1. The first kappa shape index (κ1) is 19.0. The lowest BCUT2D eigenvalue weighted by Crippen LogP contribution is -2.39. The molecule has 0 saturated carbocycles. The highest BCUT2D eigenvalue weighted by molar-refractivity contribution is 7.21. The zero-order valence-corrected chi connectivity index (χ0v) is 17.3. The minimum atomic E-state index is -0.255. The zero-order chi connectivity index (χ0) is 21.0. The summed E-state index contributed by atoms with van der Waals surface area (Å²) in [6.45, 7) is 0. The van der Waals surface area contributed by atoms with Gasteiger partial charge in [0.25, 0.3) is 5.91 Å². The van der Waals surface area contributed by atoms with Crippen LogP contribution in [0.3, 0.4) is 0 Å². The number of nitrogens with zero attached hydrogens (tertiary/aromatic N) is 3. The van der Waals surface area contributed by atoms with E-state index in [-0.39, 0.29) is 5.91 Å². The van der Waals surface area contributed by atoms with Crippen molar-refractivity contribution in [1.29, 1.82) is 0 Å². The van der Waals surface area contributed by atoms with Crippen molar-refractivity contribution in [3.63, 3.8) is 0 Å². The molecule has 0 saturated heterocycles. The number of anilines is 2. The summed E-state index contributed by atoms with van der Waals surface area (Å²) in [6.07, 6.45) is 1.68. The monoisotopic (exact) mass is 422 g/mol. The second-order valence-electron chi connectivity index (χ2n) is 6.83. The Morgan fingerprint density at radius 1 is 0.774 bits per heavy atom. The zero-order valence-electron chi connectivity index (χ0n) is 16.5. The van der Waals surface area contributed by atoms with Crippen molar-refractivity contribution in [2.75, 3.05) is 5.01 Å². The molecule has 0 fully saturated rings. The van der Waals surface area contributed by atoms with E-state index < -0.39 is 0 Å². The second kappa shape index (κ2) is 8.38. The van der Waals surface area contributed by atoms with E-state index in [1.165, 1.54) is 11.3 Å². The van der Waals surface area contributed by atoms with Gasteiger partial charge in [0.15, 0.2) is 0 Å². The van der Waals surface area contributed by atoms with Gasteiger partial charge in [-0.25, -0.2) is 4.98 Å². The largest absolute Gasteiger partial charge is 0.272 e. The van der Waals surface area contributed by atoms with Gasteiger partial charge in [0, 0.05) is 6.20 Å². The third-order valence-corrected chi connectivity index (χ3v) is 5.83. The number of carbonyl (C=O) groups is 1. The minimum Gasteiger partial charge on any atom is -0.267 e. The molecule has 0 aliphatic heterocycles. The molecule has 0 aliphatic carbocycles. The van der Waals surface area contributed by atoms with Gasteiger partial charge in [0.1, 0.15) is 10.7 Å². The van der Waals surface area contributed by atoms with Gasteiger partial charge in [-0.15, -0.1) is 11.3 Å². The Morgan fingerprint density at radius 2 is 1.42 bits per heavy atom. The maximum Gasteiger partial charge on any atom is 0.272 e. The van der Waals surface area contributed by atoms with Crippen LogP contribution in [-0.4, -0.2) is 15.9 Å². The van der Waals surface area contributed by atoms with Gasteiger partial charge >= 0.3 is 0 Å². The first-order valence-electron chi connectivity index (χ1n) is 9.82. The number of nitrogens with one attached hydrogen (secondary N) is 1. The van der Waals surface area contributed by atoms with Crippen LogP contribution in [0.1, 0.15) is 10.4 Å². The topological polar surface area (TPSA) is 58.1 Å². The molecule has 150 valence electrons. The molecule has 31 heavy (non-hydrogen) atoms. The Hall–Kier alpha value is -4.03. The van der Waals surface area contributed by atoms with Crippen LogP contribution in [0.2, 0.25) is 0 Å². The summed E-state index contributed by atoms with van der Waals surface area (Å²) in [6, 6.07) is 30.9. The lowest BCUT2D eigenvalue weighted by atomic mass is 10.2. The molecular formula is C25H18N4OS.